The highest BCUT2D eigenvalue weighted by atomic mass is 32.1. The first kappa shape index (κ1) is 16.3. The van der Waals surface area contributed by atoms with Gasteiger partial charge in [-0.15, -0.1) is 11.3 Å². The second kappa shape index (κ2) is 6.16. The Kier molecular flexibility index (Phi) is 4.19. The van der Waals surface area contributed by atoms with Crippen LogP contribution in [0.4, 0.5) is 5.13 Å². The van der Waals surface area contributed by atoms with Crippen molar-refractivity contribution in [3.63, 3.8) is 0 Å². The van der Waals surface area contributed by atoms with E-state index in [-0.39, 0.29) is 11.3 Å². The highest BCUT2D eigenvalue weighted by Crippen LogP contribution is 2.26. The van der Waals surface area contributed by atoms with Gasteiger partial charge in [0.15, 0.2) is 10.9 Å². The molecule has 1 N–H and O–H groups in total. The van der Waals surface area contributed by atoms with Gasteiger partial charge in [0, 0.05) is 17.0 Å². The zero-order valence-corrected chi connectivity index (χ0v) is 14.9. The topological polar surface area (TPSA) is 72.7 Å². The van der Waals surface area contributed by atoms with Crippen LogP contribution in [-0.4, -0.2) is 25.7 Å². The summed E-state index contributed by atoms with van der Waals surface area (Å²) in [5.41, 5.74) is 2.16. The Hall–Kier alpha value is -2.54. The van der Waals surface area contributed by atoms with Gasteiger partial charge in [-0.1, -0.05) is 26.8 Å². The van der Waals surface area contributed by atoms with Crippen LogP contribution in [0, 0.1) is 6.92 Å². The summed E-state index contributed by atoms with van der Waals surface area (Å²) in [4.78, 5) is 21.3. The molecule has 0 saturated heterocycles. The maximum Gasteiger partial charge on any atom is 0.260 e. The van der Waals surface area contributed by atoms with Crippen molar-refractivity contribution < 1.29 is 4.79 Å². The van der Waals surface area contributed by atoms with Crippen LogP contribution in [0.15, 0.2) is 36.0 Å². The lowest BCUT2D eigenvalue weighted by Crippen LogP contribution is -2.15. The second-order valence-electron chi connectivity index (χ2n) is 6.49. The average Bonchev–Trinajstić information content (AvgIpc) is 3.14. The predicted octanol–water partition coefficient (Wildman–Crippen LogP) is 3.58. The van der Waals surface area contributed by atoms with Crippen molar-refractivity contribution in [2.75, 3.05) is 5.32 Å². The highest BCUT2D eigenvalue weighted by molar-refractivity contribution is 7.14. The van der Waals surface area contributed by atoms with Crippen LogP contribution in [0.3, 0.4) is 0 Å². The first-order chi connectivity index (χ1) is 11.4. The summed E-state index contributed by atoms with van der Waals surface area (Å²) in [5, 5.41) is 9.69. The summed E-state index contributed by atoms with van der Waals surface area (Å²) >= 11 is 1.43. The van der Waals surface area contributed by atoms with Crippen molar-refractivity contribution in [3.05, 3.63) is 52.9 Å². The molecule has 0 spiro atoms. The molecule has 3 aromatic rings. The van der Waals surface area contributed by atoms with Gasteiger partial charge >= 0.3 is 0 Å². The number of carbonyl (C=O) groups is 1. The fourth-order valence-electron chi connectivity index (χ4n) is 2.18. The van der Waals surface area contributed by atoms with Gasteiger partial charge in [0.1, 0.15) is 0 Å². The van der Waals surface area contributed by atoms with Gasteiger partial charge in [-0.2, -0.15) is 5.10 Å². The molecule has 3 rings (SSSR count). The van der Waals surface area contributed by atoms with Crippen molar-refractivity contribution in [2.45, 2.75) is 33.1 Å². The Bertz CT molecular complexity index is 861. The summed E-state index contributed by atoms with van der Waals surface area (Å²) in [6.07, 6.45) is 3.25. The van der Waals surface area contributed by atoms with E-state index in [1.165, 1.54) is 11.3 Å². The number of hydrogen-bond donors (Lipinski definition) is 1. The van der Waals surface area contributed by atoms with E-state index in [0.717, 1.165) is 11.4 Å². The van der Waals surface area contributed by atoms with E-state index in [2.05, 4.69) is 41.2 Å². The number of rotatable bonds is 3. The van der Waals surface area contributed by atoms with E-state index in [1.54, 1.807) is 17.1 Å². The Morgan fingerprint density at radius 1 is 1.29 bits per heavy atom. The quantitative estimate of drug-likeness (QED) is 0.790. The van der Waals surface area contributed by atoms with Gasteiger partial charge in [-0.3, -0.25) is 10.1 Å². The number of amides is 1. The number of nitrogens with zero attached hydrogens (tertiary/aromatic N) is 4. The first-order valence-electron chi connectivity index (χ1n) is 7.59. The van der Waals surface area contributed by atoms with E-state index in [0.29, 0.717) is 16.5 Å². The Morgan fingerprint density at radius 3 is 2.71 bits per heavy atom. The van der Waals surface area contributed by atoms with Crippen molar-refractivity contribution in [1.29, 1.82) is 0 Å². The molecule has 0 aromatic carbocycles. The normalized spacial score (nSPS) is 11.5. The lowest BCUT2D eigenvalue weighted by Gasteiger charge is -2.14. The van der Waals surface area contributed by atoms with Gasteiger partial charge in [0.2, 0.25) is 0 Å². The molecular weight excluding hydrogens is 322 g/mol. The van der Waals surface area contributed by atoms with E-state index in [1.807, 2.05) is 30.5 Å². The minimum atomic E-state index is -0.218. The Morgan fingerprint density at radius 2 is 2.08 bits per heavy atom. The molecule has 0 radical (unpaired) electrons. The third kappa shape index (κ3) is 3.21. The van der Waals surface area contributed by atoms with Crippen LogP contribution in [-0.2, 0) is 5.41 Å². The van der Waals surface area contributed by atoms with Crippen LogP contribution < -0.4 is 5.32 Å². The summed E-state index contributed by atoms with van der Waals surface area (Å²) in [5.74, 6) is 0.461. The molecule has 0 atom stereocenters. The molecule has 6 nitrogen and oxygen atoms in total. The summed E-state index contributed by atoms with van der Waals surface area (Å²) in [6, 6.07) is 5.57. The van der Waals surface area contributed by atoms with Crippen LogP contribution in [0.1, 0.15) is 42.5 Å². The van der Waals surface area contributed by atoms with Crippen molar-refractivity contribution in [1.82, 2.24) is 19.7 Å². The standard InChI is InChI=1S/C17H19N5OS/c1-11-12(9-19-22(11)14-7-5-6-8-18-14)15(23)21-16-20-13(10-24-16)17(2,3)4/h5-10H,1-4H3,(H,20,21,23). The number of hydrogen-bond acceptors (Lipinski definition) is 5. The molecule has 24 heavy (non-hydrogen) atoms. The molecule has 0 bridgehead atoms. The largest absolute Gasteiger partial charge is 0.298 e. The number of pyridine rings is 1. The molecule has 7 heteroatoms. The van der Waals surface area contributed by atoms with E-state index in [9.17, 15) is 4.79 Å². The van der Waals surface area contributed by atoms with Crippen LogP contribution in [0.2, 0.25) is 0 Å². The molecule has 3 heterocycles. The van der Waals surface area contributed by atoms with E-state index in [4.69, 9.17) is 0 Å². The first-order valence-corrected chi connectivity index (χ1v) is 8.47. The van der Waals surface area contributed by atoms with E-state index < -0.39 is 0 Å². The third-order valence-corrected chi connectivity index (χ3v) is 4.37. The Labute approximate surface area is 144 Å². The molecule has 0 aliphatic rings. The maximum atomic E-state index is 12.5. The number of carbonyl (C=O) groups excluding carboxylic acids is 1. The summed E-state index contributed by atoms with van der Waals surface area (Å²) in [6.45, 7) is 8.12. The smallest absolute Gasteiger partial charge is 0.260 e. The monoisotopic (exact) mass is 341 g/mol. The molecule has 0 saturated carbocycles. The van der Waals surface area contributed by atoms with E-state index >= 15 is 0 Å². The zero-order chi connectivity index (χ0) is 17.3. The van der Waals surface area contributed by atoms with Gasteiger partial charge in [0.05, 0.1) is 23.1 Å². The number of anilines is 1. The van der Waals surface area contributed by atoms with Gasteiger partial charge in [-0.25, -0.2) is 14.6 Å². The summed E-state index contributed by atoms with van der Waals surface area (Å²) < 4.78 is 1.65. The average molecular weight is 341 g/mol. The molecule has 0 fully saturated rings. The minimum absolute atomic E-state index is 0.0424. The van der Waals surface area contributed by atoms with Crippen LogP contribution in [0.25, 0.3) is 5.82 Å². The van der Waals surface area contributed by atoms with Crippen molar-refractivity contribution >= 4 is 22.4 Å². The second-order valence-corrected chi connectivity index (χ2v) is 7.34. The SMILES string of the molecule is Cc1c(C(=O)Nc2nc(C(C)(C)C)cs2)cnn1-c1ccccn1. The van der Waals surface area contributed by atoms with Gasteiger partial charge < -0.3 is 0 Å². The van der Waals surface area contributed by atoms with Crippen molar-refractivity contribution in [3.8, 4) is 5.82 Å². The van der Waals surface area contributed by atoms with Crippen LogP contribution >= 0.6 is 11.3 Å². The molecule has 124 valence electrons. The fraction of sp³-hybridized carbons (Fsp3) is 0.294. The number of aromatic nitrogens is 4. The minimum Gasteiger partial charge on any atom is -0.298 e. The zero-order valence-electron chi connectivity index (χ0n) is 14.1. The summed E-state index contributed by atoms with van der Waals surface area (Å²) in [7, 11) is 0. The molecular formula is C17H19N5OS. The van der Waals surface area contributed by atoms with Crippen LogP contribution in [0.5, 0.6) is 0 Å². The lowest BCUT2D eigenvalue weighted by molar-refractivity contribution is 0.102. The number of nitrogens with one attached hydrogen (secondary N) is 1. The van der Waals surface area contributed by atoms with Gasteiger partial charge in [-0.05, 0) is 19.1 Å². The third-order valence-electron chi connectivity index (χ3n) is 3.61. The van der Waals surface area contributed by atoms with Crippen molar-refractivity contribution in [2.24, 2.45) is 0 Å². The number of thiazole rings is 1. The maximum absolute atomic E-state index is 12.5. The highest BCUT2D eigenvalue weighted by Gasteiger charge is 2.20. The fourth-order valence-corrected chi connectivity index (χ4v) is 3.11. The molecule has 0 aliphatic heterocycles. The molecule has 3 aromatic heterocycles. The lowest BCUT2D eigenvalue weighted by atomic mass is 9.93. The van der Waals surface area contributed by atoms with Gasteiger partial charge in [0.25, 0.3) is 5.91 Å². The predicted molar refractivity (Wildman–Crippen MR) is 94.9 cm³/mol. The molecule has 0 unspecified atom stereocenters. The Balaban J connectivity index is 1.81. The molecule has 0 aliphatic carbocycles. The molecule has 1 amide bonds.